The van der Waals surface area contributed by atoms with Crippen molar-refractivity contribution in [2.45, 2.75) is 20.0 Å². The van der Waals surface area contributed by atoms with Crippen LogP contribution in [0.25, 0.3) is 0 Å². The van der Waals surface area contributed by atoms with Crippen LogP contribution >= 0.6 is 15.9 Å². The number of hydrogen-bond donors (Lipinski definition) is 1. The molecule has 0 amide bonds. The smallest absolute Gasteiger partial charge is 0.134 e. The van der Waals surface area contributed by atoms with Gasteiger partial charge in [0, 0.05) is 18.3 Å². The number of aromatic nitrogens is 1. The Labute approximate surface area is 126 Å². The van der Waals surface area contributed by atoms with E-state index in [-0.39, 0.29) is 5.82 Å². The number of rotatable bonds is 6. The number of anilines is 1. The molecule has 20 heavy (non-hydrogen) atoms. The molecule has 0 atom stereocenters. The van der Waals surface area contributed by atoms with Crippen molar-refractivity contribution < 1.29 is 9.13 Å². The van der Waals surface area contributed by atoms with Gasteiger partial charge >= 0.3 is 0 Å². The predicted octanol–water partition coefficient (Wildman–Crippen LogP) is 4.38. The Morgan fingerprint density at radius 1 is 1.30 bits per heavy atom. The van der Waals surface area contributed by atoms with Crippen molar-refractivity contribution in [3.63, 3.8) is 0 Å². The van der Waals surface area contributed by atoms with Crippen LogP contribution in [0, 0.1) is 5.82 Å². The van der Waals surface area contributed by atoms with E-state index in [2.05, 4.69) is 33.2 Å². The first kappa shape index (κ1) is 14.8. The van der Waals surface area contributed by atoms with Crippen molar-refractivity contribution >= 4 is 21.7 Å². The minimum absolute atomic E-state index is 0.294. The molecule has 0 spiro atoms. The van der Waals surface area contributed by atoms with Gasteiger partial charge in [-0.2, -0.15) is 0 Å². The Balaban J connectivity index is 1.93. The standard InChI is InChI=1S/C15H16BrFN2O/c1-2-7-18-15-6-3-11(9-19-15)10-20-14-5-4-12(17)8-13(14)16/h3-6,8-9H,2,7,10H2,1H3,(H,18,19). The van der Waals surface area contributed by atoms with E-state index in [4.69, 9.17) is 4.74 Å². The van der Waals surface area contributed by atoms with E-state index in [9.17, 15) is 4.39 Å². The fourth-order valence-electron chi connectivity index (χ4n) is 1.62. The van der Waals surface area contributed by atoms with Crippen LogP contribution in [0.4, 0.5) is 10.2 Å². The predicted molar refractivity (Wildman–Crippen MR) is 81.4 cm³/mol. The van der Waals surface area contributed by atoms with Gasteiger partial charge in [-0.05, 0) is 46.6 Å². The SMILES string of the molecule is CCCNc1ccc(COc2ccc(F)cc2Br)cn1. The molecule has 0 fully saturated rings. The van der Waals surface area contributed by atoms with Crippen LogP contribution in [-0.4, -0.2) is 11.5 Å². The van der Waals surface area contributed by atoms with Crippen LogP contribution in [0.5, 0.6) is 5.75 Å². The third-order valence-electron chi connectivity index (χ3n) is 2.67. The number of ether oxygens (including phenoxy) is 1. The van der Waals surface area contributed by atoms with Gasteiger partial charge in [0.05, 0.1) is 4.47 Å². The third kappa shape index (κ3) is 4.20. The number of pyridine rings is 1. The maximum Gasteiger partial charge on any atom is 0.134 e. The van der Waals surface area contributed by atoms with Crippen molar-refractivity contribution in [3.05, 3.63) is 52.4 Å². The fraction of sp³-hybridized carbons (Fsp3) is 0.267. The maximum absolute atomic E-state index is 13.0. The fourth-order valence-corrected chi connectivity index (χ4v) is 2.09. The zero-order chi connectivity index (χ0) is 14.4. The van der Waals surface area contributed by atoms with E-state index in [1.165, 1.54) is 12.1 Å². The Bertz CT molecular complexity index is 560. The van der Waals surface area contributed by atoms with E-state index in [1.807, 2.05) is 12.1 Å². The molecule has 2 aromatic rings. The number of nitrogens with zero attached hydrogens (tertiary/aromatic N) is 1. The summed E-state index contributed by atoms with van der Waals surface area (Å²) in [5, 5.41) is 3.21. The molecule has 0 radical (unpaired) electrons. The van der Waals surface area contributed by atoms with E-state index in [1.54, 1.807) is 12.3 Å². The number of nitrogens with one attached hydrogen (secondary N) is 1. The summed E-state index contributed by atoms with van der Waals surface area (Å²) < 4.78 is 19.2. The summed E-state index contributed by atoms with van der Waals surface area (Å²) in [4.78, 5) is 4.30. The lowest BCUT2D eigenvalue weighted by atomic mass is 10.3. The van der Waals surface area contributed by atoms with Gasteiger partial charge in [0.15, 0.2) is 0 Å². The second kappa shape index (κ2) is 7.24. The Morgan fingerprint density at radius 3 is 2.80 bits per heavy atom. The molecule has 0 saturated carbocycles. The molecule has 0 bridgehead atoms. The molecular formula is C15H16BrFN2O. The monoisotopic (exact) mass is 338 g/mol. The lowest BCUT2D eigenvalue weighted by molar-refractivity contribution is 0.303. The van der Waals surface area contributed by atoms with Crippen molar-refractivity contribution in [2.24, 2.45) is 0 Å². The van der Waals surface area contributed by atoms with Gasteiger partial charge in [-0.3, -0.25) is 0 Å². The summed E-state index contributed by atoms with van der Waals surface area (Å²) in [6.45, 7) is 3.41. The topological polar surface area (TPSA) is 34.1 Å². The van der Waals surface area contributed by atoms with Crippen molar-refractivity contribution in [2.75, 3.05) is 11.9 Å². The van der Waals surface area contributed by atoms with E-state index >= 15 is 0 Å². The lowest BCUT2D eigenvalue weighted by Gasteiger charge is -2.09. The van der Waals surface area contributed by atoms with Crippen LogP contribution in [-0.2, 0) is 6.61 Å². The number of hydrogen-bond acceptors (Lipinski definition) is 3. The van der Waals surface area contributed by atoms with Crippen molar-refractivity contribution in [3.8, 4) is 5.75 Å². The van der Waals surface area contributed by atoms with Crippen molar-refractivity contribution in [1.29, 1.82) is 0 Å². The Morgan fingerprint density at radius 2 is 2.15 bits per heavy atom. The van der Waals surface area contributed by atoms with Gasteiger partial charge < -0.3 is 10.1 Å². The summed E-state index contributed by atoms with van der Waals surface area (Å²) in [6, 6.07) is 8.24. The normalized spacial score (nSPS) is 10.3. The molecule has 1 N–H and O–H groups in total. The Kier molecular flexibility index (Phi) is 5.35. The Hall–Kier alpha value is -1.62. The quantitative estimate of drug-likeness (QED) is 0.848. The highest BCUT2D eigenvalue weighted by molar-refractivity contribution is 9.10. The minimum atomic E-state index is -0.294. The number of halogens is 2. The average Bonchev–Trinajstić information content (AvgIpc) is 2.45. The molecule has 0 aliphatic heterocycles. The molecule has 1 aromatic heterocycles. The minimum Gasteiger partial charge on any atom is -0.488 e. The molecule has 0 aliphatic rings. The summed E-state index contributed by atoms with van der Waals surface area (Å²) in [5.41, 5.74) is 0.961. The second-order valence-electron chi connectivity index (χ2n) is 4.34. The van der Waals surface area contributed by atoms with Gasteiger partial charge in [-0.1, -0.05) is 13.0 Å². The molecule has 2 rings (SSSR count). The van der Waals surface area contributed by atoms with Gasteiger partial charge in [0.1, 0.15) is 24.0 Å². The summed E-state index contributed by atoms with van der Waals surface area (Å²) in [7, 11) is 0. The van der Waals surface area contributed by atoms with E-state index in [0.717, 1.165) is 24.3 Å². The third-order valence-corrected chi connectivity index (χ3v) is 3.29. The van der Waals surface area contributed by atoms with Gasteiger partial charge in [-0.15, -0.1) is 0 Å². The van der Waals surface area contributed by atoms with Crippen molar-refractivity contribution in [1.82, 2.24) is 4.98 Å². The first-order valence-electron chi connectivity index (χ1n) is 6.45. The molecular weight excluding hydrogens is 323 g/mol. The van der Waals surface area contributed by atoms with E-state index < -0.39 is 0 Å². The summed E-state index contributed by atoms with van der Waals surface area (Å²) >= 11 is 3.27. The van der Waals surface area contributed by atoms with Gasteiger partial charge in [0.25, 0.3) is 0 Å². The molecule has 1 heterocycles. The molecule has 106 valence electrons. The molecule has 0 aliphatic carbocycles. The second-order valence-corrected chi connectivity index (χ2v) is 5.20. The lowest BCUT2D eigenvalue weighted by Crippen LogP contribution is -2.03. The van der Waals surface area contributed by atoms with E-state index in [0.29, 0.717) is 16.8 Å². The van der Waals surface area contributed by atoms with Gasteiger partial charge in [0.2, 0.25) is 0 Å². The van der Waals surface area contributed by atoms with Crippen LogP contribution in [0.15, 0.2) is 41.0 Å². The molecule has 0 unspecified atom stereocenters. The average molecular weight is 339 g/mol. The van der Waals surface area contributed by atoms with Crippen LogP contribution in [0.3, 0.4) is 0 Å². The summed E-state index contributed by atoms with van der Waals surface area (Å²) in [6.07, 6.45) is 2.83. The highest BCUT2D eigenvalue weighted by Crippen LogP contribution is 2.26. The molecule has 5 heteroatoms. The largest absolute Gasteiger partial charge is 0.488 e. The first-order chi connectivity index (χ1) is 9.69. The van der Waals surface area contributed by atoms with Crippen LogP contribution in [0.2, 0.25) is 0 Å². The van der Waals surface area contributed by atoms with Gasteiger partial charge in [-0.25, -0.2) is 9.37 Å². The van der Waals surface area contributed by atoms with Crippen LogP contribution in [0.1, 0.15) is 18.9 Å². The first-order valence-corrected chi connectivity index (χ1v) is 7.25. The van der Waals surface area contributed by atoms with Crippen LogP contribution < -0.4 is 10.1 Å². The highest BCUT2D eigenvalue weighted by atomic mass is 79.9. The molecule has 3 nitrogen and oxygen atoms in total. The zero-order valence-corrected chi connectivity index (χ0v) is 12.8. The molecule has 1 aromatic carbocycles. The maximum atomic E-state index is 13.0. The summed E-state index contributed by atoms with van der Waals surface area (Å²) in [5.74, 6) is 1.18. The zero-order valence-electron chi connectivity index (χ0n) is 11.2. The number of benzene rings is 1. The molecule has 0 saturated heterocycles. The highest BCUT2D eigenvalue weighted by Gasteiger charge is 2.03.